The number of amides is 2. The molecule has 0 atom stereocenters. The van der Waals surface area contributed by atoms with E-state index in [1.54, 1.807) is 24.3 Å². The number of anilines is 1. The lowest BCUT2D eigenvalue weighted by molar-refractivity contribution is -0.113. The van der Waals surface area contributed by atoms with Gasteiger partial charge in [0.05, 0.1) is 17.0 Å². The molecule has 0 fully saturated rings. The molecule has 7 nitrogen and oxygen atoms in total. The van der Waals surface area contributed by atoms with Gasteiger partial charge in [0, 0.05) is 6.54 Å². The Labute approximate surface area is 138 Å². The van der Waals surface area contributed by atoms with Gasteiger partial charge in [-0.3, -0.25) is 9.59 Å². The molecule has 0 bridgehead atoms. The monoisotopic (exact) mass is 333 g/mol. The summed E-state index contributed by atoms with van der Waals surface area (Å²) in [7, 11) is 0. The summed E-state index contributed by atoms with van der Waals surface area (Å²) in [5, 5.41) is 11.5. The Balaban J connectivity index is 2.00. The van der Waals surface area contributed by atoms with Gasteiger partial charge in [0.25, 0.3) is 5.91 Å². The molecule has 1 heterocycles. The van der Waals surface area contributed by atoms with Crippen molar-refractivity contribution < 1.29 is 9.59 Å². The summed E-state index contributed by atoms with van der Waals surface area (Å²) in [6.45, 7) is 4.77. The Kier molecular flexibility index (Phi) is 5.75. The number of carbonyl (C=O) groups excluding carboxylic acids is 2. The largest absolute Gasteiger partial charge is 0.366 e. The number of nitrogens with two attached hydrogens (primary N) is 1. The van der Waals surface area contributed by atoms with Gasteiger partial charge in [-0.1, -0.05) is 30.8 Å². The molecule has 0 saturated carbocycles. The average Bonchev–Trinajstić information content (AvgIpc) is 2.87. The maximum Gasteiger partial charge on any atom is 0.250 e. The van der Waals surface area contributed by atoms with Crippen LogP contribution in [0.1, 0.15) is 29.5 Å². The molecule has 0 unspecified atom stereocenters. The highest BCUT2D eigenvalue weighted by Crippen LogP contribution is 2.19. The fraction of sp³-hybridized carbons (Fsp3) is 0.333. The summed E-state index contributed by atoms with van der Waals surface area (Å²) in [6.07, 6.45) is 0.963. The molecule has 2 aromatic rings. The topological polar surface area (TPSA) is 103 Å². The lowest BCUT2D eigenvalue weighted by Gasteiger charge is -2.09. The molecule has 0 aliphatic heterocycles. The molecule has 0 aliphatic carbocycles. The van der Waals surface area contributed by atoms with Crippen molar-refractivity contribution in [2.24, 2.45) is 5.73 Å². The Morgan fingerprint density at radius 2 is 2.04 bits per heavy atom. The van der Waals surface area contributed by atoms with Gasteiger partial charge in [0.1, 0.15) is 5.82 Å². The zero-order chi connectivity index (χ0) is 16.8. The Bertz CT molecular complexity index is 714. The minimum atomic E-state index is -0.577. The molecule has 0 spiro atoms. The summed E-state index contributed by atoms with van der Waals surface area (Å²) in [6, 6.07) is 6.65. The predicted molar refractivity (Wildman–Crippen MR) is 89.4 cm³/mol. The zero-order valence-electron chi connectivity index (χ0n) is 13.1. The number of rotatable bonds is 7. The van der Waals surface area contributed by atoms with Crippen LogP contribution in [0.5, 0.6) is 0 Å². The van der Waals surface area contributed by atoms with Crippen molar-refractivity contribution in [1.82, 2.24) is 14.8 Å². The van der Waals surface area contributed by atoms with Crippen molar-refractivity contribution in [3.05, 3.63) is 35.7 Å². The number of carbonyl (C=O) groups is 2. The first-order valence-electron chi connectivity index (χ1n) is 7.24. The molecule has 0 aliphatic rings. The molecule has 8 heteroatoms. The zero-order valence-corrected chi connectivity index (χ0v) is 13.9. The summed E-state index contributed by atoms with van der Waals surface area (Å²) in [4.78, 5) is 23.4. The number of thioether (sulfide) groups is 1. The second-order valence-corrected chi connectivity index (χ2v) is 5.87. The third-order valence-corrected chi connectivity index (χ3v) is 4.11. The molecule has 0 saturated heterocycles. The first kappa shape index (κ1) is 17.0. The van der Waals surface area contributed by atoms with Crippen molar-refractivity contribution >= 4 is 29.3 Å². The molecule has 2 amide bonds. The van der Waals surface area contributed by atoms with Crippen molar-refractivity contribution in [2.75, 3.05) is 11.1 Å². The number of hydrogen-bond acceptors (Lipinski definition) is 5. The fourth-order valence-corrected chi connectivity index (χ4v) is 2.88. The van der Waals surface area contributed by atoms with Crippen molar-refractivity contribution in [2.45, 2.75) is 32.0 Å². The van der Waals surface area contributed by atoms with Crippen molar-refractivity contribution in [3.8, 4) is 0 Å². The van der Waals surface area contributed by atoms with Crippen LogP contribution in [0.2, 0.25) is 0 Å². The number of para-hydroxylation sites is 1. The summed E-state index contributed by atoms with van der Waals surface area (Å²) >= 11 is 1.31. The van der Waals surface area contributed by atoms with Crippen LogP contribution in [-0.4, -0.2) is 32.3 Å². The number of nitrogens with zero attached hydrogens (tertiary/aromatic N) is 3. The SMILES string of the molecule is CCCn1c(C)nnc1SCC(=O)Nc1ccccc1C(N)=O. The second-order valence-electron chi connectivity index (χ2n) is 4.93. The standard InChI is InChI=1S/C15H19N5O2S/c1-3-8-20-10(2)18-19-15(20)23-9-13(21)17-12-7-5-4-6-11(12)14(16)22/h4-7H,3,8-9H2,1-2H3,(H2,16,22)(H,17,21). The molecule has 2 rings (SSSR count). The van der Waals surface area contributed by atoms with Crippen LogP contribution in [0.15, 0.2) is 29.4 Å². The quantitative estimate of drug-likeness (QED) is 0.752. The van der Waals surface area contributed by atoms with Gasteiger partial charge in [-0.2, -0.15) is 0 Å². The smallest absolute Gasteiger partial charge is 0.250 e. The first-order chi connectivity index (χ1) is 11.0. The normalized spacial score (nSPS) is 10.5. The number of aromatic nitrogens is 3. The maximum absolute atomic E-state index is 12.1. The third kappa shape index (κ3) is 4.32. The lowest BCUT2D eigenvalue weighted by atomic mass is 10.1. The van der Waals surface area contributed by atoms with Crippen LogP contribution in [-0.2, 0) is 11.3 Å². The third-order valence-electron chi connectivity index (χ3n) is 3.15. The van der Waals surface area contributed by atoms with Crippen molar-refractivity contribution in [3.63, 3.8) is 0 Å². The van der Waals surface area contributed by atoms with Gasteiger partial charge >= 0.3 is 0 Å². The maximum atomic E-state index is 12.1. The van der Waals surface area contributed by atoms with Gasteiger partial charge < -0.3 is 15.6 Å². The minimum absolute atomic E-state index is 0.176. The summed E-state index contributed by atoms with van der Waals surface area (Å²) in [5.74, 6) is 0.197. The molecule has 0 radical (unpaired) electrons. The number of primary amides is 1. The highest BCUT2D eigenvalue weighted by Gasteiger charge is 2.13. The van der Waals surface area contributed by atoms with E-state index in [1.165, 1.54) is 11.8 Å². The lowest BCUT2D eigenvalue weighted by Crippen LogP contribution is -2.19. The summed E-state index contributed by atoms with van der Waals surface area (Å²) < 4.78 is 1.98. The van der Waals surface area contributed by atoms with Gasteiger partial charge in [0.2, 0.25) is 5.91 Å². The Hall–Kier alpha value is -2.35. The van der Waals surface area contributed by atoms with E-state index in [2.05, 4.69) is 22.4 Å². The van der Waals surface area contributed by atoms with Crippen LogP contribution < -0.4 is 11.1 Å². The van der Waals surface area contributed by atoms with E-state index < -0.39 is 5.91 Å². The Morgan fingerprint density at radius 3 is 2.74 bits per heavy atom. The molecular formula is C15H19N5O2S. The average molecular weight is 333 g/mol. The molecule has 1 aromatic heterocycles. The van der Waals surface area contributed by atoms with E-state index in [9.17, 15) is 9.59 Å². The Morgan fingerprint density at radius 1 is 1.30 bits per heavy atom. The molecule has 122 valence electrons. The number of benzene rings is 1. The van der Waals surface area contributed by atoms with Crippen LogP contribution in [0.3, 0.4) is 0 Å². The van der Waals surface area contributed by atoms with E-state index >= 15 is 0 Å². The van der Waals surface area contributed by atoms with E-state index in [4.69, 9.17) is 5.73 Å². The highest BCUT2D eigenvalue weighted by molar-refractivity contribution is 7.99. The second kappa shape index (κ2) is 7.77. The number of aryl methyl sites for hydroxylation is 1. The van der Waals surface area contributed by atoms with Crippen LogP contribution in [0.4, 0.5) is 5.69 Å². The molecule has 23 heavy (non-hydrogen) atoms. The van der Waals surface area contributed by atoms with Crippen molar-refractivity contribution in [1.29, 1.82) is 0 Å². The van der Waals surface area contributed by atoms with Crippen LogP contribution in [0.25, 0.3) is 0 Å². The summed E-state index contributed by atoms with van der Waals surface area (Å²) in [5.41, 5.74) is 6.00. The van der Waals surface area contributed by atoms with E-state index in [1.807, 2.05) is 11.5 Å². The van der Waals surface area contributed by atoms with Gasteiger partial charge in [-0.25, -0.2) is 0 Å². The predicted octanol–water partition coefficient (Wildman–Crippen LogP) is 1.83. The highest BCUT2D eigenvalue weighted by atomic mass is 32.2. The van der Waals surface area contributed by atoms with Crippen LogP contribution in [0, 0.1) is 6.92 Å². The molecule has 3 N–H and O–H groups in total. The molecular weight excluding hydrogens is 314 g/mol. The van der Waals surface area contributed by atoms with E-state index in [-0.39, 0.29) is 17.2 Å². The number of hydrogen-bond donors (Lipinski definition) is 2. The number of nitrogens with one attached hydrogen (secondary N) is 1. The van der Waals surface area contributed by atoms with Crippen LogP contribution >= 0.6 is 11.8 Å². The van der Waals surface area contributed by atoms with Gasteiger partial charge in [-0.05, 0) is 25.5 Å². The minimum Gasteiger partial charge on any atom is -0.366 e. The fourth-order valence-electron chi connectivity index (χ4n) is 2.07. The molecule has 1 aromatic carbocycles. The van der Waals surface area contributed by atoms with E-state index in [0.717, 1.165) is 18.8 Å². The van der Waals surface area contributed by atoms with Gasteiger partial charge in [-0.15, -0.1) is 10.2 Å². The van der Waals surface area contributed by atoms with Gasteiger partial charge in [0.15, 0.2) is 5.16 Å². The van der Waals surface area contributed by atoms with E-state index in [0.29, 0.717) is 10.8 Å². The first-order valence-corrected chi connectivity index (χ1v) is 8.22.